The highest BCUT2D eigenvalue weighted by Crippen LogP contribution is 2.17. The zero-order valence-corrected chi connectivity index (χ0v) is 8.49. The first-order valence-corrected chi connectivity index (χ1v) is 4.51. The molecule has 2 rings (SSSR count). The number of carboxylic acid groups (broad SMARTS) is 1. The normalized spacial score (nSPS) is 10.1. The number of ether oxygens (including phenoxy) is 1. The third-order valence-corrected chi connectivity index (χ3v) is 1.89. The Bertz CT molecular complexity index is 504. The van der Waals surface area contributed by atoms with Crippen LogP contribution in [0.3, 0.4) is 0 Å². The van der Waals surface area contributed by atoms with Crippen molar-refractivity contribution in [1.82, 2.24) is 14.8 Å². The van der Waals surface area contributed by atoms with Gasteiger partial charge < -0.3 is 9.84 Å². The maximum atomic E-state index is 10.6. The highest BCUT2D eigenvalue weighted by Gasteiger charge is 2.04. The van der Waals surface area contributed by atoms with Crippen molar-refractivity contribution in [2.45, 2.75) is 0 Å². The van der Waals surface area contributed by atoms with Crippen molar-refractivity contribution in [2.75, 3.05) is 0 Å². The SMILES string of the molecule is Cn1cc(Oc2ccc(C(=O)O)cn2)cn1. The third-order valence-electron chi connectivity index (χ3n) is 1.89. The topological polar surface area (TPSA) is 77.2 Å². The van der Waals surface area contributed by atoms with E-state index in [1.165, 1.54) is 18.3 Å². The Balaban J connectivity index is 2.14. The van der Waals surface area contributed by atoms with Gasteiger partial charge in [-0.15, -0.1) is 0 Å². The molecule has 0 aromatic carbocycles. The molecule has 0 saturated carbocycles. The molecule has 0 spiro atoms. The molecular formula is C10H9N3O3. The van der Waals surface area contributed by atoms with Gasteiger partial charge >= 0.3 is 5.97 Å². The molecule has 0 aliphatic rings. The molecule has 1 N–H and O–H groups in total. The van der Waals surface area contributed by atoms with E-state index in [0.29, 0.717) is 11.6 Å². The van der Waals surface area contributed by atoms with Crippen molar-refractivity contribution in [3.63, 3.8) is 0 Å². The molecule has 0 fully saturated rings. The van der Waals surface area contributed by atoms with E-state index in [-0.39, 0.29) is 5.56 Å². The molecule has 2 aromatic heterocycles. The zero-order valence-electron chi connectivity index (χ0n) is 8.49. The van der Waals surface area contributed by atoms with Gasteiger partial charge in [-0.1, -0.05) is 0 Å². The fourth-order valence-electron chi connectivity index (χ4n) is 1.14. The van der Waals surface area contributed by atoms with Crippen LogP contribution in [0.25, 0.3) is 0 Å². The molecule has 82 valence electrons. The Morgan fingerprint density at radius 3 is 2.75 bits per heavy atom. The van der Waals surface area contributed by atoms with Crippen molar-refractivity contribution in [3.05, 3.63) is 36.3 Å². The molecule has 0 atom stereocenters. The fraction of sp³-hybridized carbons (Fsp3) is 0.100. The lowest BCUT2D eigenvalue weighted by Crippen LogP contribution is -1.97. The average Bonchev–Trinajstić information content (AvgIpc) is 2.65. The van der Waals surface area contributed by atoms with Crippen molar-refractivity contribution in [3.8, 4) is 11.6 Å². The number of nitrogens with zero attached hydrogens (tertiary/aromatic N) is 3. The first-order valence-electron chi connectivity index (χ1n) is 4.51. The fourth-order valence-corrected chi connectivity index (χ4v) is 1.14. The van der Waals surface area contributed by atoms with Gasteiger partial charge in [0.2, 0.25) is 5.88 Å². The Morgan fingerprint density at radius 1 is 1.44 bits per heavy atom. The zero-order chi connectivity index (χ0) is 11.5. The van der Waals surface area contributed by atoms with E-state index in [4.69, 9.17) is 9.84 Å². The van der Waals surface area contributed by atoms with Crippen LogP contribution in [0.5, 0.6) is 11.6 Å². The van der Waals surface area contributed by atoms with E-state index in [1.54, 1.807) is 24.1 Å². The second kappa shape index (κ2) is 4.01. The lowest BCUT2D eigenvalue weighted by molar-refractivity contribution is 0.0696. The third kappa shape index (κ3) is 2.17. The van der Waals surface area contributed by atoms with Gasteiger partial charge in [-0.05, 0) is 6.07 Å². The molecule has 16 heavy (non-hydrogen) atoms. The number of hydrogen-bond acceptors (Lipinski definition) is 4. The predicted octanol–water partition coefficient (Wildman–Crippen LogP) is 1.31. The molecule has 0 aliphatic heterocycles. The Labute approximate surface area is 91.1 Å². The molecule has 0 saturated heterocycles. The van der Waals surface area contributed by atoms with Gasteiger partial charge in [0.1, 0.15) is 0 Å². The van der Waals surface area contributed by atoms with Crippen LogP contribution in [0.4, 0.5) is 0 Å². The second-order valence-electron chi connectivity index (χ2n) is 3.14. The lowest BCUT2D eigenvalue weighted by atomic mass is 10.3. The maximum absolute atomic E-state index is 10.6. The van der Waals surface area contributed by atoms with Crippen LogP contribution in [0.2, 0.25) is 0 Å². The maximum Gasteiger partial charge on any atom is 0.337 e. The van der Waals surface area contributed by atoms with E-state index < -0.39 is 5.97 Å². The lowest BCUT2D eigenvalue weighted by Gasteiger charge is -2.00. The predicted molar refractivity (Wildman–Crippen MR) is 54.5 cm³/mol. The molecule has 0 aliphatic carbocycles. The highest BCUT2D eigenvalue weighted by molar-refractivity contribution is 5.87. The van der Waals surface area contributed by atoms with Gasteiger partial charge in [-0.25, -0.2) is 9.78 Å². The summed E-state index contributed by atoms with van der Waals surface area (Å²) in [5, 5.41) is 12.6. The van der Waals surface area contributed by atoms with Crippen LogP contribution in [0.15, 0.2) is 30.7 Å². The summed E-state index contributed by atoms with van der Waals surface area (Å²) in [5.41, 5.74) is 0.124. The van der Waals surface area contributed by atoms with Gasteiger partial charge in [-0.2, -0.15) is 5.10 Å². The molecule has 0 unspecified atom stereocenters. The summed E-state index contributed by atoms with van der Waals surface area (Å²) in [4.78, 5) is 14.4. The minimum absolute atomic E-state index is 0.124. The van der Waals surface area contributed by atoms with Crippen LogP contribution in [-0.2, 0) is 7.05 Å². The standard InChI is InChI=1S/C10H9N3O3/c1-13-6-8(5-12-13)16-9-3-2-7(4-11-9)10(14)15/h2-6H,1H3,(H,14,15). The minimum Gasteiger partial charge on any atom is -0.478 e. The number of aryl methyl sites for hydroxylation is 1. The summed E-state index contributed by atoms with van der Waals surface area (Å²) in [7, 11) is 1.77. The summed E-state index contributed by atoms with van der Waals surface area (Å²) in [6.07, 6.45) is 4.48. The summed E-state index contributed by atoms with van der Waals surface area (Å²) >= 11 is 0. The van der Waals surface area contributed by atoms with Gasteiger partial charge in [-0.3, -0.25) is 4.68 Å². The minimum atomic E-state index is -1.01. The first kappa shape index (κ1) is 10.2. The van der Waals surface area contributed by atoms with Gasteiger partial charge in [0.25, 0.3) is 0 Å². The smallest absolute Gasteiger partial charge is 0.337 e. The molecule has 0 amide bonds. The van der Waals surface area contributed by atoms with E-state index in [1.807, 2.05) is 0 Å². The van der Waals surface area contributed by atoms with E-state index in [0.717, 1.165) is 0 Å². The Kier molecular flexibility index (Phi) is 2.55. The van der Waals surface area contributed by atoms with Gasteiger partial charge in [0.15, 0.2) is 5.75 Å². The number of carboxylic acids is 1. The molecule has 0 radical (unpaired) electrons. The molecule has 6 nitrogen and oxygen atoms in total. The van der Waals surface area contributed by atoms with Crippen molar-refractivity contribution in [2.24, 2.45) is 7.05 Å². The summed E-state index contributed by atoms with van der Waals surface area (Å²) < 4.78 is 6.94. The van der Waals surface area contributed by atoms with Crippen LogP contribution >= 0.6 is 0 Å². The number of carbonyl (C=O) groups is 1. The van der Waals surface area contributed by atoms with Crippen molar-refractivity contribution >= 4 is 5.97 Å². The van der Waals surface area contributed by atoms with E-state index in [2.05, 4.69) is 10.1 Å². The number of aromatic nitrogens is 3. The van der Waals surface area contributed by atoms with Crippen molar-refractivity contribution in [1.29, 1.82) is 0 Å². The number of aromatic carboxylic acids is 1. The molecule has 2 aromatic rings. The average molecular weight is 219 g/mol. The Morgan fingerprint density at radius 2 is 2.25 bits per heavy atom. The van der Waals surface area contributed by atoms with Crippen LogP contribution in [-0.4, -0.2) is 25.8 Å². The highest BCUT2D eigenvalue weighted by atomic mass is 16.5. The number of hydrogen-bond donors (Lipinski definition) is 1. The van der Waals surface area contributed by atoms with Crippen molar-refractivity contribution < 1.29 is 14.6 Å². The van der Waals surface area contributed by atoms with E-state index >= 15 is 0 Å². The molecule has 2 heterocycles. The molecule has 6 heteroatoms. The molecule has 0 bridgehead atoms. The summed E-state index contributed by atoms with van der Waals surface area (Å²) in [5.74, 6) is -0.128. The van der Waals surface area contributed by atoms with Crippen LogP contribution in [0.1, 0.15) is 10.4 Å². The van der Waals surface area contributed by atoms with Crippen LogP contribution < -0.4 is 4.74 Å². The van der Waals surface area contributed by atoms with Gasteiger partial charge in [0.05, 0.1) is 18.0 Å². The summed E-state index contributed by atoms with van der Waals surface area (Å²) in [6.45, 7) is 0. The monoisotopic (exact) mass is 219 g/mol. The first-order chi connectivity index (χ1) is 7.65. The quantitative estimate of drug-likeness (QED) is 0.841. The molecular weight excluding hydrogens is 210 g/mol. The van der Waals surface area contributed by atoms with Gasteiger partial charge in [0, 0.05) is 19.3 Å². The number of rotatable bonds is 3. The second-order valence-corrected chi connectivity index (χ2v) is 3.14. The van der Waals surface area contributed by atoms with E-state index in [9.17, 15) is 4.79 Å². The Hall–Kier alpha value is -2.37. The number of pyridine rings is 1. The summed E-state index contributed by atoms with van der Waals surface area (Å²) in [6, 6.07) is 2.93. The van der Waals surface area contributed by atoms with Crippen LogP contribution in [0, 0.1) is 0 Å². The largest absolute Gasteiger partial charge is 0.478 e.